The van der Waals surface area contributed by atoms with Crippen LogP contribution < -0.4 is 0 Å². The second kappa shape index (κ2) is 4.73. The van der Waals surface area contributed by atoms with Crippen molar-refractivity contribution in [2.45, 2.75) is 25.7 Å². The maximum Gasteiger partial charge on any atom is 0.113 e. The maximum absolute atomic E-state index is 4.52. The molecule has 1 aromatic heterocycles. The first-order valence-electron chi connectivity index (χ1n) is 6.20. The molecule has 1 heterocycles. The summed E-state index contributed by atoms with van der Waals surface area (Å²) in [5.41, 5.74) is 3.74. The first-order valence-corrected chi connectivity index (χ1v) is 7.00. The van der Waals surface area contributed by atoms with Gasteiger partial charge in [-0.1, -0.05) is 39.7 Å². The molecular weight excluding hydrogens is 288 g/mol. The van der Waals surface area contributed by atoms with E-state index in [1.54, 1.807) is 0 Å². The Labute approximate surface area is 115 Å². The second-order valence-electron chi connectivity index (χ2n) is 4.85. The molecule has 1 aromatic carbocycles. The molecule has 3 heteroatoms. The molecule has 92 valence electrons. The first kappa shape index (κ1) is 11.7. The number of imidazole rings is 1. The number of rotatable bonds is 2. The fourth-order valence-electron chi connectivity index (χ4n) is 2.41. The lowest BCUT2D eigenvalue weighted by atomic mass is 10.1. The van der Waals surface area contributed by atoms with E-state index in [0.29, 0.717) is 5.92 Å². The van der Waals surface area contributed by atoms with Crippen molar-refractivity contribution >= 4 is 15.9 Å². The lowest BCUT2D eigenvalue weighted by Crippen LogP contribution is -1.93. The molecule has 2 nitrogen and oxygen atoms in total. The molecular formula is C15H15BrN2. The van der Waals surface area contributed by atoms with Gasteiger partial charge in [0.25, 0.3) is 0 Å². The van der Waals surface area contributed by atoms with Crippen molar-refractivity contribution in [2.75, 3.05) is 0 Å². The van der Waals surface area contributed by atoms with Crippen molar-refractivity contribution in [2.24, 2.45) is 0 Å². The van der Waals surface area contributed by atoms with E-state index in [0.717, 1.165) is 16.0 Å². The third-order valence-corrected chi connectivity index (χ3v) is 3.97. The first-order chi connectivity index (χ1) is 8.72. The van der Waals surface area contributed by atoms with Crippen LogP contribution >= 0.6 is 15.9 Å². The summed E-state index contributed by atoms with van der Waals surface area (Å²) in [6, 6.07) is 8.29. The Bertz CT molecular complexity index is 581. The van der Waals surface area contributed by atoms with Crippen LogP contribution in [0.25, 0.3) is 11.3 Å². The molecule has 0 saturated carbocycles. The third kappa shape index (κ3) is 2.27. The average molecular weight is 303 g/mol. The normalized spacial score (nSPS) is 19.0. The van der Waals surface area contributed by atoms with Crippen molar-refractivity contribution in [1.82, 2.24) is 9.97 Å². The summed E-state index contributed by atoms with van der Waals surface area (Å²) in [4.78, 5) is 7.96. The highest BCUT2D eigenvalue weighted by atomic mass is 79.9. The number of hydrogen-bond acceptors (Lipinski definition) is 1. The highest BCUT2D eigenvalue weighted by Crippen LogP contribution is 2.31. The molecule has 0 spiro atoms. The lowest BCUT2D eigenvalue weighted by Gasteiger charge is -2.02. The lowest BCUT2D eigenvalue weighted by molar-refractivity contribution is 0.749. The number of benzene rings is 1. The van der Waals surface area contributed by atoms with Gasteiger partial charge in [0.15, 0.2) is 0 Å². The molecule has 0 amide bonds. The van der Waals surface area contributed by atoms with Crippen LogP contribution in [0.2, 0.25) is 0 Å². The predicted octanol–water partition coefficient (Wildman–Crippen LogP) is 4.66. The minimum atomic E-state index is 0.467. The topological polar surface area (TPSA) is 28.7 Å². The summed E-state index contributed by atoms with van der Waals surface area (Å²) in [6.45, 7) is 2.19. The summed E-state index contributed by atoms with van der Waals surface area (Å²) in [5, 5.41) is 0. The number of nitrogens with zero attached hydrogens (tertiary/aromatic N) is 1. The van der Waals surface area contributed by atoms with Gasteiger partial charge in [0.05, 0.1) is 11.9 Å². The monoisotopic (exact) mass is 302 g/mol. The molecule has 1 N–H and O–H groups in total. The fourth-order valence-corrected chi connectivity index (χ4v) is 2.67. The Morgan fingerprint density at radius 1 is 1.28 bits per heavy atom. The van der Waals surface area contributed by atoms with Gasteiger partial charge in [-0.05, 0) is 37.5 Å². The van der Waals surface area contributed by atoms with Crippen LogP contribution in [0, 0.1) is 0 Å². The zero-order valence-electron chi connectivity index (χ0n) is 10.3. The average Bonchev–Trinajstić information content (AvgIpc) is 2.98. The molecule has 0 bridgehead atoms. The standard InChI is InChI=1S/C15H15BrN2/c1-10-2-3-12(8-10)15-17-9-14(18-15)11-4-6-13(16)7-5-11/h4-9,12H,2-3H2,1H3,(H,17,18)/t12-/m0/s1. The van der Waals surface area contributed by atoms with Gasteiger partial charge in [0.1, 0.15) is 5.82 Å². The minimum absolute atomic E-state index is 0.467. The van der Waals surface area contributed by atoms with Crippen LogP contribution in [0.15, 0.2) is 46.6 Å². The number of nitrogens with one attached hydrogen (secondary N) is 1. The van der Waals surface area contributed by atoms with E-state index in [-0.39, 0.29) is 0 Å². The van der Waals surface area contributed by atoms with Crippen molar-refractivity contribution in [3.8, 4) is 11.3 Å². The van der Waals surface area contributed by atoms with Crippen LogP contribution in [0.4, 0.5) is 0 Å². The Balaban J connectivity index is 1.87. The summed E-state index contributed by atoms with van der Waals surface area (Å²) < 4.78 is 1.10. The SMILES string of the molecule is CC1=C[C@@H](c2ncc(-c3ccc(Br)cc3)[nH]2)CC1. The van der Waals surface area contributed by atoms with E-state index < -0.39 is 0 Å². The van der Waals surface area contributed by atoms with Gasteiger partial charge in [-0.25, -0.2) is 4.98 Å². The van der Waals surface area contributed by atoms with E-state index in [2.05, 4.69) is 63.2 Å². The highest BCUT2D eigenvalue weighted by molar-refractivity contribution is 9.10. The fraction of sp³-hybridized carbons (Fsp3) is 0.267. The smallest absolute Gasteiger partial charge is 0.113 e. The van der Waals surface area contributed by atoms with Crippen molar-refractivity contribution in [1.29, 1.82) is 0 Å². The summed E-state index contributed by atoms with van der Waals surface area (Å²) in [5.74, 6) is 1.55. The Morgan fingerprint density at radius 2 is 2.06 bits per heavy atom. The second-order valence-corrected chi connectivity index (χ2v) is 5.76. The number of H-pyrrole nitrogens is 1. The van der Waals surface area contributed by atoms with E-state index in [1.165, 1.54) is 24.0 Å². The van der Waals surface area contributed by atoms with Gasteiger partial charge in [-0.3, -0.25) is 0 Å². The Hall–Kier alpha value is -1.35. The predicted molar refractivity (Wildman–Crippen MR) is 77.5 cm³/mol. The zero-order valence-corrected chi connectivity index (χ0v) is 11.9. The largest absolute Gasteiger partial charge is 0.342 e. The molecule has 1 atom stereocenters. The molecule has 0 saturated heterocycles. The molecule has 2 aromatic rings. The number of halogens is 1. The van der Waals surface area contributed by atoms with Crippen LogP contribution in [0.3, 0.4) is 0 Å². The van der Waals surface area contributed by atoms with E-state index in [9.17, 15) is 0 Å². The van der Waals surface area contributed by atoms with Gasteiger partial charge in [0, 0.05) is 10.4 Å². The van der Waals surface area contributed by atoms with Crippen LogP contribution in [0.5, 0.6) is 0 Å². The molecule has 1 aliphatic carbocycles. The summed E-state index contributed by atoms with van der Waals surface area (Å²) in [6.07, 6.45) is 6.63. The van der Waals surface area contributed by atoms with E-state index in [1.807, 2.05) is 6.20 Å². The maximum atomic E-state index is 4.52. The van der Waals surface area contributed by atoms with Gasteiger partial charge < -0.3 is 4.98 Å². The quantitative estimate of drug-likeness (QED) is 0.803. The molecule has 18 heavy (non-hydrogen) atoms. The Morgan fingerprint density at radius 3 is 2.72 bits per heavy atom. The van der Waals surface area contributed by atoms with E-state index >= 15 is 0 Å². The van der Waals surface area contributed by atoms with Gasteiger partial charge >= 0.3 is 0 Å². The molecule has 0 radical (unpaired) electrons. The van der Waals surface area contributed by atoms with Gasteiger partial charge in [-0.2, -0.15) is 0 Å². The molecule has 1 aliphatic rings. The highest BCUT2D eigenvalue weighted by Gasteiger charge is 2.18. The van der Waals surface area contributed by atoms with Crippen LogP contribution in [0.1, 0.15) is 31.5 Å². The van der Waals surface area contributed by atoms with Gasteiger partial charge in [0.2, 0.25) is 0 Å². The van der Waals surface area contributed by atoms with Crippen LogP contribution in [-0.2, 0) is 0 Å². The molecule has 0 fully saturated rings. The number of hydrogen-bond donors (Lipinski definition) is 1. The van der Waals surface area contributed by atoms with Crippen molar-refractivity contribution in [3.05, 3.63) is 52.4 Å². The Kier molecular flexibility index (Phi) is 3.08. The minimum Gasteiger partial charge on any atom is -0.342 e. The number of aromatic nitrogens is 2. The summed E-state index contributed by atoms with van der Waals surface area (Å²) in [7, 11) is 0. The molecule has 0 unspecified atom stereocenters. The number of allylic oxidation sites excluding steroid dienone is 2. The van der Waals surface area contributed by atoms with Gasteiger partial charge in [-0.15, -0.1) is 0 Å². The third-order valence-electron chi connectivity index (χ3n) is 3.44. The summed E-state index contributed by atoms with van der Waals surface area (Å²) >= 11 is 3.45. The van der Waals surface area contributed by atoms with Crippen molar-refractivity contribution in [3.63, 3.8) is 0 Å². The zero-order chi connectivity index (χ0) is 12.5. The van der Waals surface area contributed by atoms with Crippen molar-refractivity contribution < 1.29 is 0 Å². The van der Waals surface area contributed by atoms with E-state index in [4.69, 9.17) is 0 Å². The van der Waals surface area contributed by atoms with Crippen LogP contribution in [-0.4, -0.2) is 9.97 Å². The molecule has 0 aliphatic heterocycles. The number of aromatic amines is 1. The molecule has 3 rings (SSSR count).